The fourth-order valence-electron chi connectivity index (χ4n) is 2.44. The summed E-state index contributed by atoms with van der Waals surface area (Å²) in [6.45, 7) is 11.2. The predicted molar refractivity (Wildman–Crippen MR) is 86.1 cm³/mol. The summed E-state index contributed by atoms with van der Waals surface area (Å²) < 4.78 is 11.1. The standard InChI is InChI=1S/C16H13BClNO3/c1-9-5-16(13(18)7-14(9)19-3)22-15-6-11-8-21-17(20)12(11)4-10(15)2/h4-7,20H,8H2,1-2H3. The number of rotatable bonds is 2. The minimum absolute atomic E-state index is 0.358. The van der Waals surface area contributed by atoms with Crippen LogP contribution in [0.5, 0.6) is 11.5 Å². The van der Waals surface area contributed by atoms with Crippen LogP contribution in [0.2, 0.25) is 5.02 Å². The number of benzene rings is 2. The zero-order valence-corrected chi connectivity index (χ0v) is 12.9. The van der Waals surface area contributed by atoms with Crippen LogP contribution < -0.4 is 10.2 Å². The molecule has 1 heterocycles. The minimum atomic E-state index is -0.869. The quantitative estimate of drug-likeness (QED) is 0.681. The number of hydrogen-bond acceptors (Lipinski definition) is 3. The largest absolute Gasteiger partial charge is 0.491 e. The van der Waals surface area contributed by atoms with E-state index in [0.717, 1.165) is 22.2 Å². The lowest BCUT2D eigenvalue weighted by atomic mass is 9.79. The lowest BCUT2D eigenvalue weighted by Crippen LogP contribution is -2.28. The van der Waals surface area contributed by atoms with E-state index in [0.29, 0.717) is 28.8 Å². The first kappa shape index (κ1) is 14.9. The molecule has 0 fully saturated rings. The summed E-state index contributed by atoms with van der Waals surface area (Å²) in [6, 6.07) is 7.08. The average Bonchev–Trinajstić information content (AvgIpc) is 2.83. The summed E-state index contributed by atoms with van der Waals surface area (Å²) in [5.41, 5.74) is 3.88. The van der Waals surface area contributed by atoms with Gasteiger partial charge in [-0.05, 0) is 54.2 Å². The van der Waals surface area contributed by atoms with Gasteiger partial charge in [-0.25, -0.2) is 4.85 Å². The first-order valence-electron chi connectivity index (χ1n) is 6.78. The summed E-state index contributed by atoms with van der Waals surface area (Å²) in [7, 11) is -0.869. The lowest BCUT2D eigenvalue weighted by molar-refractivity contribution is 0.275. The van der Waals surface area contributed by atoms with Crippen molar-refractivity contribution in [1.29, 1.82) is 0 Å². The molecule has 2 aromatic carbocycles. The second-order valence-electron chi connectivity index (χ2n) is 5.26. The third-order valence-corrected chi connectivity index (χ3v) is 3.99. The van der Waals surface area contributed by atoms with Crippen LogP contribution in [-0.2, 0) is 11.3 Å². The number of ether oxygens (including phenoxy) is 1. The lowest BCUT2D eigenvalue weighted by Gasteiger charge is -2.13. The van der Waals surface area contributed by atoms with Crippen LogP contribution in [0.15, 0.2) is 24.3 Å². The number of hydrogen-bond donors (Lipinski definition) is 1. The molecule has 4 nitrogen and oxygen atoms in total. The van der Waals surface area contributed by atoms with Gasteiger partial charge in [-0.15, -0.1) is 0 Å². The zero-order valence-electron chi connectivity index (χ0n) is 12.2. The van der Waals surface area contributed by atoms with Crippen LogP contribution in [0, 0.1) is 20.4 Å². The smallest absolute Gasteiger partial charge is 0.456 e. The summed E-state index contributed by atoms with van der Waals surface area (Å²) in [5.74, 6) is 1.17. The highest BCUT2D eigenvalue weighted by Gasteiger charge is 2.28. The van der Waals surface area contributed by atoms with Crippen molar-refractivity contribution in [3.05, 3.63) is 57.4 Å². The molecule has 0 aromatic heterocycles. The molecule has 1 aliphatic rings. The second kappa shape index (κ2) is 5.66. The molecule has 6 heteroatoms. The molecule has 0 radical (unpaired) electrons. The van der Waals surface area contributed by atoms with Crippen molar-refractivity contribution in [3.63, 3.8) is 0 Å². The maximum atomic E-state index is 9.71. The number of aryl methyl sites for hydroxylation is 2. The van der Waals surface area contributed by atoms with E-state index in [1.54, 1.807) is 12.1 Å². The molecule has 110 valence electrons. The van der Waals surface area contributed by atoms with E-state index in [2.05, 4.69) is 4.85 Å². The first-order valence-corrected chi connectivity index (χ1v) is 7.16. The molecular weight excluding hydrogens is 300 g/mol. The summed E-state index contributed by atoms with van der Waals surface area (Å²) >= 11 is 6.19. The van der Waals surface area contributed by atoms with Crippen LogP contribution in [-0.4, -0.2) is 12.1 Å². The molecule has 22 heavy (non-hydrogen) atoms. The molecule has 2 aromatic rings. The Morgan fingerprint density at radius 3 is 2.73 bits per heavy atom. The predicted octanol–water partition coefficient (Wildman–Crippen LogP) is 3.52. The van der Waals surface area contributed by atoms with Crippen molar-refractivity contribution in [2.75, 3.05) is 0 Å². The Morgan fingerprint density at radius 2 is 2.00 bits per heavy atom. The third kappa shape index (κ3) is 2.57. The summed E-state index contributed by atoms with van der Waals surface area (Å²) in [4.78, 5) is 3.42. The van der Waals surface area contributed by atoms with Crippen LogP contribution in [0.4, 0.5) is 5.69 Å². The van der Waals surface area contributed by atoms with Crippen molar-refractivity contribution in [2.45, 2.75) is 20.5 Å². The van der Waals surface area contributed by atoms with Crippen LogP contribution >= 0.6 is 11.6 Å². The fourth-order valence-corrected chi connectivity index (χ4v) is 2.63. The Morgan fingerprint density at radius 1 is 1.23 bits per heavy atom. The molecule has 1 N–H and O–H groups in total. The Balaban J connectivity index is 1.98. The van der Waals surface area contributed by atoms with E-state index in [1.807, 2.05) is 26.0 Å². The van der Waals surface area contributed by atoms with Crippen LogP contribution in [0.3, 0.4) is 0 Å². The van der Waals surface area contributed by atoms with E-state index in [4.69, 9.17) is 27.6 Å². The highest BCUT2D eigenvalue weighted by atomic mass is 35.5. The Kier molecular flexibility index (Phi) is 3.84. The average molecular weight is 314 g/mol. The van der Waals surface area contributed by atoms with Crippen LogP contribution in [0.25, 0.3) is 4.85 Å². The molecular formula is C16H13BClNO3. The molecule has 0 amide bonds. The van der Waals surface area contributed by atoms with Gasteiger partial charge in [-0.1, -0.05) is 17.7 Å². The van der Waals surface area contributed by atoms with Gasteiger partial charge in [0.25, 0.3) is 0 Å². The zero-order chi connectivity index (χ0) is 15.9. The highest BCUT2D eigenvalue weighted by Crippen LogP contribution is 2.36. The number of nitrogens with zero attached hydrogens (tertiary/aromatic N) is 1. The van der Waals surface area contributed by atoms with E-state index in [9.17, 15) is 5.02 Å². The summed E-state index contributed by atoms with van der Waals surface area (Å²) in [6.07, 6.45) is 0. The van der Waals surface area contributed by atoms with Gasteiger partial charge in [0.1, 0.15) is 11.5 Å². The van der Waals surface area contributed by atoms with Gasteiger partial charge in [0.2, 0.25) is 0 Å². The molecule has 0 saturated carbocycles. The monoisotopic (exact) mass is 313 g/mol. The van der Waals surface area contributed by atoms with Crippen LogP contribution in [0.1, 0.15) is 16.7 Å². The number of halogens is 1. The van der Waals surface area contributed by atoms with Crippen molar-refractivity contribution in [3.8, 4) is 11.5 Å². The van der Waals surface area contributed by atoms with E-state index in [-0.39, 0.29) is 0 Å². The molecule has 0 aliphatic carbocycles. The Hall–Kier alpha value is -2.00. The van der Waals surface area contributed by atoms with Gasteiger partial charge < -0.3 is 14.4 Å². The molecule has 0 spiro atoms. The normalized spacial score (nSPS) is 13.0. The van der Waals surface area contributed by atoms with Crippen molar-refractivity contribution >= 4 is 29.9 Å². The summed E-state index contributed by atoms with van der Waals surface area (Å²) in [5, 5.41) is 10.1. The van der Waals surface area contributed by atoms with Crippen molar-refractivity contribution in [2.24, 2.45) is 0 Å². The topological polar surface area (TPSA) is 43.0 Å². The molecule has 0 bridgehead atoms. The molecule has 0 atom stereocenters. The molecule has 3 rings (SSSR count). The SMILES string of the molecule is [C-]#[N+]c1cc(Cl)c(Oc2cc3c(cc2C)B(O)OC3)cc1C. The first-order chi connectivity index (χ1) is 10.5. The maximum absolute atomic E-state index is 9.71. The van der Waals surface area contributed by atoms with Gasteiger partial charge in [0.05, 0.1) is 18.2 Å². The van der Waals surface area contributed by atoms with E-state index < -0.39 is 7.12 Å². The fraction of sp³-hybridized carbons (Fsp3) is 0.188. The van der Waals surface area contributed by atoms with E-state index >= 15 is 0 Å². The van der Waals surface area contributed by atoms with Gasteiger partial charge in [-0.2, -0.15) is 0 Å². The Labute approximate surface area is 134 Å². The van der Waals surface area contributed by atoms with E-state index in [1.165, 1.54) is 0 Å². The minimum Gasteiger partial charge on any atom is -0.456 e. The van der Waals surface area contributed by atoms with Gasteiger partial charge in [0.15, 0.2) is 5.69 Å². The Bertz CT molecular complexity index is 801. The van der Waals surface area contributed by atoms with Gasteiger partial charge >= 0.3 is 7.12 Å². The third-order valence-electron chi connectivity index (χ3n) is 3.69. The molecule has 0 unspecified atom stereocenters. The molecule has 1 aliphatic heterocycles. The van der Waals surface area contributed by atoms with Gasteiger partial charge in [-0.3, -0.25) is 0 Å². The number of fused-ring (bicyclic) bond motifs is 1. The van der Waals surface area contributed by atoms with Gasteiger partial charge in [0, 0.05) is 0 Å². The second-order valence-corrected chi connectivity index (χ2v) is 5.67. The highest BCUT2D eigenvalue weighted by molar-refractivity contribution is 6.61. The maximum Gasteiger partial charge on any atom is 0.491 e. The van der Waals surface area contributed by atoms with Crippen molar-refractivity contribution in [1.82, 2.24) is 0 Å². The van der Waals surface area contributed by atoms with Crippen molar-refractivity contribution < 1.29 is 14.4 Å². The molecule has 0 saturated heterocycles.